The van der Waals surface area contributed by atoms with Crippen LogP contribution in [0.1, 0.15) is 11.1 Å². The van der Waals surface area contributed by atoms with Crippen molar-refractivity contribution in [1.82, 2.24) is 4.98 Å². The normalized spacial score (nSPS) is 10.4. The number of nitrogens with zero attached hydrogens (tertiary/aromatic N) is 1. The smallest absolute Gasteiger partial charge is 0.127 e. The molecule has 0 unspecified atom stereocenters. The first-order valence-corrected chi connectivity index (χ1v) is 6.58. The highest BCUT2D eigenvalue weighted by molar-refractivity contribution is 9.10. The van der Waals surface area contributed by atoms with E-state index in [9.17, 15) is 4.39 Å². The second kappa shape index (κ2) is 6.16. The van der Waals surface area contributed by atoms with Gasteiger partial charge in [0.1, 0.15) is 18.2 Å². The van der Waals surface area contributed by atoms with Crippen LogP contribution in [0.5, 0.6) is 5.75 Å². The molecule has 1 heterocycles. The number of aromatic nitrogens is 1. The number of pyridine rings is 1. The van der Waals surface area contributed by atoms with E-state index < -0.39 is 0 Å². The third-order valence-corrected chi connectivity index (χ3v) is 2.99. The van der Waals surface area contributed by atoms with Crippen LogP contribution >= 0.6 is 27.5 Å². The lowest BCUT2D eigenvalue weighted by Gasteiger charge is -2.08. The molecule has 1 aromatic heterocycles. The maximum absolute atomic E-state index is 13.2. The largest absolute Gasteiger partial charge is 0.489 e. The minimum absolute atomic E-state index is 0.257. The highest BCUT2D eigenvalue weighted by Crippen LogP contribution is 2.19. The molecule has 2 rings (SSSR count). The summed E-state index contributed by atoms with van der Waals surface area (Å²) < 4.78 is 19.6. The fourth-order valence-corrected chi connectivity index (χ4v) is 2.05. The van der Waals surface area contributed by atoms with Gasteiger partial charge in [-0.05, 0) is 39.7 Å². The van der Waals surface area contributed by atoms with E-state index in [0.717, 1.165) is 10.0 Å². The summed E-state index contributed by atoms with van der Waals surface area (Å²) in [6.07, 6.45) is 3.39. The van der Waals surface area contributed by atoms with Gasteiger partial charge in [0, 0.05) is 34.4 Å². The Kier molecular flexibility index (Phi) is 4.55. The van der Waals surface area contributed by atoms with Crippen molar-refractivity contribution in [2.24, 2.45) is 0 Å². The summed E-state index contributed by atoms with van der Waals surface area (Å²) in [4.78, 5) is 4.03. The number of hydrogen-bond donors (Lipinski definition) is 0. The van der Waals surface area contributed by atoms with Crippen molar-refractivity contribution in [3.8, 4) is 5.75 Å². The maximum Gasteiger partial charge on any atom is 0.127 e. The molecule has 0 aliphatic heterocycles. The molecule has 5 heteroatoms. The van der Waals surface area contributed by atoms with Crippen molar-refractivity contribution in [1.29, 1.82) is 0 Å². The fourth-order valence-electron chi connectivity index (χ4n) is 1.48. The molecule has 18 heavy (non-hydrogen) atoms. The van der Waals surface area contributed by atoms with Crippen molar-refractivity contribution < 1.29 is 9.13 Å². The van der Waals surface area contributed by atoms with Crippen LogP contribution in [0.3, 0.4) is 0 Å². The summed E-state index contributed by atoms with van der Waals surface area (Å²) in [5.74, 6) is 0.369. The van der Waals surface area contributed by atoms with E-state index in [4.69, 9.17) is 16.3 Å². The monoisotopic (exact) mass is 329 g/mol. The van der Waals surface area contributed by atoms with E-state index in [1.54, 1.807) is 18.5 Å². The summed E-state index contributed by atoms with van der Waals surface area (Å²) in [7, 11) is 0. The average molecular weight is 331 g/mol. The Morgan fingerprint density at radius 2 is 2.00 bits per heavy atom. The van der Waals surface area contributed by atoms with Crippen molar-refractivity contribution in [3.05, 3.63) is 58.1 Å². The number of benzene rings is 1. The SMILES string of the molecule is Fc1cc(CCl)cc(OCc2cncc(Br)c2)c1. The molecule has 2 aromatic rings. The van der Waals surface area contributed by atoms with Gasteiger partial charge in [0.15, 0.2) is 0 Å². The predicted molar refractivity (Wildman–Crippen MR) is 72.2 cm³/mol. The topological polar surface area (TPSA) is 22.1 Å². The lowest BCUT2D eigenvalue weighted by atomic mass is 10.2. The van der Waals surface area contributed by atoms with E-state index in [-0.39, 0.29) is 11.7 Å². The summed E-state index contributed by atoms with van der Waals surface area (Å²) in [5.41, 5.74) is 1.60. The first kappa shape index (κ1) is 13.3. The standard InChI is InChI=1S/C13H10BrClFNO/c14-11-1-10(6-17-7-11)8-18-13-3-9(5-15)2-12(16)4-13/h1-4,6-7H,5,8H2. The highest BCUT2D eigenvalue weighted by atomic mass is 79.9. The molecule has 0 spiro atoms. The third-order valence-electron chi connectivity index (χ3n) is 2.25. The van der Waals surface area contributed by atoms with Gasteiger partial charge >= 0.3 is 0 Å². The zero-order valence-electron chi connectivity index (χ0n) is 9.37. The zero-order chi connectivity index (χ0) is 13.0. The van der Waals surface area contributed by atoms with Crippen molar-refractivity contribution in [2.75, 3.05) is 0 Å². The van der Waals surface area contributed by atoms with Crippen LogP contribution in [0.2, 0.25) is 0 Å². The van der Waals surface area contributed by atoms with Gasteiger partial charge in [0.2, 0.25) is 0 Å². The van der Waals surface area contributed by atoms with Gasteiger partial charge in [-0.1, -0.05) is 0 Å². The molecule has 0 saturated carbocycles. The molecule has 94 valence electrons. The summed E-state index contributed by atoms with van der Waals surface area (Å²) in [6.45, 7) is 0.331. The van der Waals surface area contributed by atoms with E-state index >= 15 is 0 Å². The number of hydrogen-bond acceptors (Lipinski definition) is 2. The Morgan fingerprint density at radius 1 is 1.17 bits per heavy atom. The molecule has 0 atom stereocenters. The van der Waals surface area contributed by atoms with Crippen molar-refractivity contribution in [3.63, 3.8) is 0 Å². The molecule has 0 radical (unpaired) electrons. The fraction of sp³-hybridized carbons (Fsp3) is 0.154. The van der Waals surface area contributed by atoms with Gasteiger partial charge in [0.05, 0.1) is 0 Å². The van der Waals surface area contributed by atoms with Crippen LogP contribution in [-0.2, 0) is 12.5 Å². The Hall–Kier alpha value is -1.13. The lowest BCUT2D eigenvalue weighted by molar-refractivity contribution is 0.304. The van der Waals surface area contributed by atoms with Crippen molar-refractivity contribution >= 4 is 27.5 Å². The Morgan fingerprint density at radius 3 is 2.72 bits per heavy atom. The number of rotatable bonds is 4. The highest BCUT2D eigenvalue weighted by Gasteiger charge is 2.02. The van der Waals surface area contributed by atoms with Gasteiger partial charge in [-0.3, -0.25) is 4.98 Å². The molecule has 1 aromatic carbocycles. The molecule has 0 aliphatic rings. The number of halogens is 3. The van der Waals surface area contributed by atoms with Crippen LogP contribution in [0, 0.1) is 5.82 Å². The second-order valence-corrected chi connectivity index (χ2v) is 4.91. The predicted octanol–water partition coefficient (Wildman–Crippen LogP) is 4.30. The first-order chi connectivity index (χ1) is 8.67. The Labute approximate surface area is 118 Å². The van der Waals surface area contributed by atoms with Gasteiger partial charge in [-0.2, -0.15) is 0 Å². The maximum atomic E-state index is 13.2. The average Bonchev–Trinajstić information content (AvgIpc) is 2.36. The van der Waals surface area contributed by atoms with E-state index in [1.807, 2.05) is 6.07 Å². The van der Waals surface area contributed by atoms with Crippen LogP contribution in [0.15, 0.2) is 41.1 Å². The van der Waals surface area contributed by atoms with Crippen molar-refractivity contribution in [2.45, 2.75) is 12.5 Å². The third kappa shape index (κ3) is 3.68. The molecule has 2 nitrogen and oxygen atoms in total. The molecule has 0 aliphatic carbocycles. The van der Waals surface area contributed by atoms with Crippen LogP contribution < -0.4 is 4.74 Å². The lowest BCUT2D eigenvalue weighted by Crippen LogP contribution is -1.97. The molecule has 0 saturated heterocycles. The molecule has 0 amide bonds. The second-order valence-electron chi connectivity index (χ2n) is 3.73. The molecule has 0 fully saturated rings. The molecular formula is C13H10BrClFNO. The summed E-state index contributed by atoms with van der Waals surface area (Å²) >= 11 is 9.00. The Bertz CT molecular complexity index is 550. The number of ether oxygens (including phenoxy) is 1. The number of alkyl halides is 1. The van der Waals surface area contributed by atoms with Crippen LogP contribution in [-0.4, -0.2) is 4.98 Å². The summed E-state index contributed by atoms with van der Waals surface area (Å²) in [5, 5.41) is 0. The molecule has 0 N–H and O–H groups in total. The molecule has 0 bridgehead atoms. The zero-order valence-corrected chi connectivity index (χ0v) is 11.7. The van der Waals surface area contributed by atoms with E-state index in [1.165, 1.54) is 12.1 Å². The van der Waals surface area contributed by atoms with Gasteiger partial charge in [-0.25, -0.2) is 4.39 Å². The van der Waals surface area contributed by atoms with E-state index in [2.05, 4.69) is 20.9 Å². The Balaban J connectivity index is 2.08. The minimum atomic E-state index is -0.351. The first-order valence-electron chi connectivity index (χ1n) is 5.25. The minimum Gasteiger partial charge on any atom is -0.489 e. The van der Waals surface area contributed by atoms with Crippen LogP contribution in [0.25, 0.3) is 0 Å². The van der Waals surface area contributed by atoms with Gasteiger partial charge in [0.25, 0.3) is 0 Å². The summed E-state index contributed by atoms with van der Waals surface area (Å²) in [6, 6.07) is 6.35. The van der Waals surface area contributed by atoms with E-state index in [0.29, 0.717) is 17.9 Å². The van der Waals surface area contributed by atoms with Crippen LogP contribution in [0.4, 0.5) is 4.39 Å². The van der Waals surface area contributed by atoms with Gasteiger partial charge < -0.3 is 4.74 Å². The molecular weight excluding hydrogens is 321 g/mol. The van der Waals surface area contributed by atoms with Gasteiger partial charge in [-0.15, -0.1) is 11.6 Å². The quantitative estimate of drug-likeness (QED) is 0.780.